The summed E-state index contributed by atoms with van der Waals surface area (Å²) in [5.41, 5.74) is 2.74. The quantitative estimate of drug-likeness (QED) is 0.375. The van der Waals surface area contributed by atoms with Crippen molar-refractivity contribution in [1.82, 2.24) is 0 Å². The molecule has 0 spiro atoms. The van der Waals surface area contributed by atoms with Gasteiger partial charge in [0.1, 0.15) is 12.2 Å². The van der Waals surface area contributed by atoms with Crippen molar-refractivity contribution in [1.29, 1.82) is 0 Å². The number of rotatable bonds is 8. The van der Waals surface area contributed by atoms with Crippen LogP contribution in [0.5, 0.6) is 0 Å². The topological polar surface area (TPSA) is 88.1 Å². The summed E-state index contributed by atoms with van der Waals surface area (Å²) < 4.78 is 36.0. The van der Waals surface area contributed by atoms with Gasteiger partial charge in [-0.1, -0.05) is 36.4 Å². The summed E-state index contributed by atoms with van der Waals surface area (Å²) in [6, 6.07) is 14.5. The number of benzene rings is 2. The normalized spacial score (nSPS) is 21.5. The zero-order valence-corrected chi connectivity index (χ0v) is 19.3. The van der Waals surface area contributed by atoms with Gasteiger partial charge in [0.05, 0.1) is 29.5 Å². The average molecular weight is 458 g/mol. The minimum Gasteiger partial charge on any atom is -0.454 e. The Labute approximate surface area is 187 Å². The third-order valence-electron chi connectivity index (χ3n) is 5.66. The molecule has 0 radical (unpaired) electrons. The highest BCUT2D eigenvalue weighted by Crippen LogP contribution is 2.60. The molecule has 0 fully saturated rings. The fourth-order valence-electron chi connectivity index (χ4n) is 3.85. The molecule has 2 aliphatic heterocycles. The van der Waals surface area contributed by atoms with E-state index in [-0.39, 0.29) is 25.2 Å². The molecule has 2 atom stereocenters. The summed E-state index contributed by atoms with van der Waals surface area (Å²) in [5, 5.41) is -0.748. The van der Waals surface area contributed by atoms with Gasteiger partial charge in [-0.05, 0) is 32.9 Å². The van der Waals surface area contributed by atoms with Crippen LogP contribution in [0, 0.1) is 0 Å². The van der Waals surface area contributed by atoms with Gasteiger partial charge >= 0.3 is 19.5 Å². The Kier molecular flexibility index (Phi) is 6.26. The molecule has 8 heteroatoms. The maximum Gasteiger partial charge on any atom is 0.339 e. The second-order valence-electron chi connectivity index (χ2n) is 8.87. The van der Waals surface area contributed by atoms with Gasteiger partial charge in [0.15, 0.2) is 0 Å². The van der Waals surface area contributed by atoms with Gasteiger partial charge in [0.2, 0.25) is 0 Å². The van der Waals surface area contributed by atoms with Crippen molar-refractivity contribution in [3.05, 3.63) is 70.8 Å². The molecule has 2 heterocycles. The Morgan fingerprint density at radius 1 is 0.781 bits per heavy atom. The van der Waals surface area contributed by atoms with E-state index in [0.29, 0.717) is 24.0 Å². The number of hydrogen-bond acceptors (Lipinski definition) is 7. The van der Waals surface area contributed by atoms with Crippen molar-refractivity contribution in [2.75, 3.05) is 13.2 Å². The largest absolute Gasteiger partial charge is 0.454 e. The lowest BCUT2D eigenvalue weighted by atomic mass is 10.0. The lowest BCUT2D eigenvalue weighted by Crippen LogP contribution is -2.20. The van der Waals surface area contributed by atoms with Crippen LogP contribution in [0.1, 0.15) is 77.7 Å². The Morgan fingerprint density at radius 2 is 1.19 bits per heavy atom. The van der Waals surface area contributed by atoms with E-state index in [9.17, 15) is 14.2 Å². The second-order valence-corrected chi connectivity index (χ2v) is 11.7. The van der Waals surface area contributed by atoms with Crippen LogP contribution in [-0.4, -0.2) is 30.3 Å². The van der Waals surface area contributed by atoms with Crippen LogP contribution in [0.15, 0.2) is 48.5 Å². The zero-order valence-electron chi connectivity index (χ0n) is 18.4. The van der Waals surface area contributed by atoms with E-state index in [1.54, 1.807) is 45.0 Å². The number of fused-ring (bicyclic) bond motifs is 2. The summed E-state index contributed by atoms with van der Waals surface area (Å²) in [6.45, 7) is 5.61. The monoisotopic (exact) mass is 458 g/mol. The molecule has 32 heavy (non-hydrogen) atoms. The second kappa shape index (κ2) is 8.81. The van der Waals surface area contributed by atoms with Crippen LogP contribution in [0.3, 0.4) is 0 Å². The third-order valence-corrected chi connectivity index (χ3v) is 8.35. The van der Waals surface area contributed by atoms with E-state index in [1.807, 2.05) is 24.3 Å². The molecule has 0 bridgehead atoms. The molecular weight excluding hydrogens is 431 g/mol. The Hall–Kier alpha value is -2.47. The fraction of sp³-hybridized carbons (Fsp3) is 0.417. The molecule has 4 rings (SSSR count). The first-order valence-corrected chi connectivity index (χ1v) is 12.2. The number of cyclic esters (lactones) is 2. The highest BCUT2D eigenvalue weighted by atomic mass is 31.2. The van der Waals surface area contributed by atoms with Crippen LogP contribution < -0.4 is 0 Å². The lowest BCUT2D eigenvalue weighted by Gasteiger charge is -2.30. The molecule has 0 aliphatic carbocycles. The summed E-state index contributed by atoms with van der Waals surface area (Å²) >= 11 is 0. The average Bonchev–Trinajstić information content (AvgIpc) is 3.25. The number of esters is 2. The van der Waals surface area contributed by atoms with E-state index in [0.717, 1.165) is 11.1 Å². The third kappa shape index (κ3) is 4.38. The van der Waals surface area contributed by atoms with Gasteiger partial charge in [0.25, 0.3) is 0 Å². The van der Waals surface area contributed by atoms with Gasteiger partial charge in [-0.15, -0.1) is 0 Å². The van der Waals surface area contributed by atoms with E-state index in [1.165, 1.54) is 0 Å². The molecule has 0 N–H and O–H groups in total. The summed E-state index contributed by atoms with van der Waals surface area (Å²) in [5.74, 6) is -0.709. The first kappa shape index (κ1) is 22.7. The highest BCUT2D eigenvalue weighted by Gasteiger charge is 2.41. The van der Waals surface area contributed by atoms with Gasteiger partial charge in [0, 0.05) is 24.0 Å². The standard InChI is InChI=1S/C24H27O7P/c1-24(2,3)32(27,28-14-12-20-16-8-4-6-10-18(16)22(25)30-20)29-15-13-21-17-9-5-7-11-19(17)23(26)31-21/h4-11,20-21H,12-15H2,1-3H3. The molecule has 170 valence electrons. The maximum atomic E-state index is 13.5. The van der Waals surface area contributed by atoms with Crippen molar-refractivity contribution in [3.63, 3.8) is 0 Å². The molecule has 2 aromatic rings. The minimum absolute atomic E-state index is 0.113. The predicted octanol–water partition coefficient (Wildman–Crippen LogP) is 5.61. The van der Waals surface area contributed by atoms with Crippen molar-refractivity contribution < 1.29 is 32.7 Å². The van der Waals surface area contributed by atoms with Crippen LogP contribution >= 0.6 is 7.60 Å². The Balaban J connectivity index is 1.35. The van der Waals surface area contributed by atoms with Crippen molar-refractivity contribution in [2.24, 2.45) is 0 Å². The molecule has 2 aromatic carbocycles. The van der Waals surface area contributed by atoms with Gasteiger partial charge in [-0.3, -0.25) is 4.57 Å². The van der Waals surface area contributed by atoms with Crippen LogP contribution in [0.25, 0.3) is 0 Å². The summed E-state index contributed by atoms with van der Waals surface area (Å²) in [4.78, 5) is 24.0. The van der Waals surface area contributed by atoms with Crippen LogP contribution in [-0.2, 0) is 23.1 Å². The Bertz CT molecular complexity index is 997. The zero-order chi connectivity index (χ0) is 22.9. The van der Waals surface area contributed by atoms with Crippen LogP contribution in [0.2, 0.25) is 0 Å². The van der Waals surface area contributed by atoms with Crippen molar-refractivity contribution in [3.8, 4) is 0 Å². The maximum absolute atomic E-state index is 13.5. The van der Waals surface area contributed by atoms with E-state index in [2.05, 4.69) is 0 Å². The van der Waals surface area contributed by atoms with Gasteiger partial charge in [-0.25, -0.2) is 9.59 Å². The molecule has 7 nitrogen and oxygen atoms in total. The molecule has 0 aromatic heterocycles. The van der Waals surface area contributed by atoms with E-state index in [4.69, 9.17) is 18.5 Å². The van der Waals surface area contributed by atoms with Gasteiger partial charge < -0.3 is 18.5 Å². The Morgan fingerprint density at radius 3 is 1.59 bits per heavy atom. The van der Waals surface area contributed by atoms with Gasteiger partial charge in [-0.2, -0.15) is 0 Å². The predicted molar refractivity (Wildman–Crippen MR) is 118 cm³/mol. The fourth-order valence-corrected chi connectivity index (χ4v) is 5.39. The molecule has 2 unspecified atom stereocenters. The SMILES string of the molecule is CC(C)(C)P(=O)(OCCC1OC(=O)c2ccccc21)OCCC1OC(=O)c2ccccc21. The first-order chi connectivity index (χ1) is 15.2. The summed E-state index contributed by atoms with van der Waals surface area (Å²) in [6.07, 6.45) is -0.109. The number of ether oxygens (including phenoxy) is 2. The molecular formula is C24H27O7P. The van der Waals surface area contributed by atoms with E-state index >= 15 is 0 Å². The number of hydrogen-bond donors (Lipinski definition) is 0. The first-order valence-electron chi connectivity index (χ1n) is 10.7. The van der Waals surface area contributed by atoms with Crippen molar-refractivity contribution >= 4 is 19.5 Å². The summed E-state index contributed by atoms with van der Waals surface area (Å²) in [7, 11) is -3.50. The molecule has 0 amide bonds. The van der Waals surface area contributed by atoms with Crippen LogP contribution in [0.4, 0.5) is 0 Å². The lowest BCUT2D eigenvalue weighted by molar-refractivity contribution is 0.0320. The minimum atomic E-state index is -3.50. The molecule has 0 saturated carbocycles. The van der Waals surface area contributed by atoms with Crippen molar-refractivity contribution in [2.45, 2.75) is 51.0 Å². The number of carbonyl (C=O) groups excluding carboxylic acids is 2. The van der Waals surface area contributed by atoms with E-state index < -0.39 is 25.0 Å². The molecule has 2 aliphatic rings. The molecule has 0 saturated heterocycles. The number of carbonyl (C=O) groups is 2. The highest BCUT2D eigenvalue weighted by molar-refractivity contribution is 7.55. The smallest absolute Gasteiger partial charge is 0.339 e.